The smallest absolute Gasteiger partial charge is 0.164 e. The van der Waals surface area contributed by atoms with Crippen LogP contribution >= 0.6 is 0 Å². The largest absolute Gasteiger partial charge is 0.383 e. The lowest BCUT2D eigenvalue weighted by Crippen LogP contribution is -2.45. The van der Waals surface area contributed by atoms with Gasteiger partial charge in [-0.25, -0.2) is 0 Å². The highest BCUT2D eigenvalue weighted by Gasteiger charge is 2.48. The van der Waals surface area contributed by atoms with E-state index in [0.29, 0.717) is 12.8 Å². The summed E-state index contributed by atoms with van der Waals surface area (Å²) >= 11 is 0. The third kappa shape index (κ3) is 2.29. The first kappa shape index (κ1) is 13.8. The summed E-state index contributed by atoms with van der Waals surface area (Å²) in [6.07, 6.45) is 6.45. The van der Waals surface area contributed by atoms with Crippen LogP contribution in [0.1, 0.15) is 12.8 Å². The summed E-state index contributed by atoms with van der Waals surface area (Å²) in [5.74, 6) is 0.0950. The molecule has 0 N–H and O–H groups in total. The van der Waals surface area contributed by atoms with Crippen LogP contribution in [0.2, 0.25) is 0 Å². The number of Topliss-reactive ketones (excluding diaryl/α,β-unsaturated/α-hetero) is 2. The highest BCUT2D eigenvalue weighted by Crippen LogP contribution is 2.45. The third-order valence-corrected chi connectivity index (χ3v) is 4.24. The Morgan fingerprint density at radius 1 is 1.16 bits per heavy atom. The normalized spacial score (nSPS) is 36.2. The predicted octanol–water partition coefficient (Wildman–Crippen LogP) is 2.21. The van der Waals surface area contributed by atoms with Crippen molar-refractivity contribution in [2.45, 2.75) is 12.8 Å². The summed E-state index contributed by atoms with van der Waals surface area (Å²) in [7, 11) is 3.77. The fraction of sp³-hybridized carbons (Fsp3) is 0.500. The number of fused-ring (bicyclic) bond motifs is 2. The molecule has 4 atom stereocenters. The van der Waals surface area contributed by atoms with E-state index >= 15 is 0 Å². The van der Waals surface area contributed by atoms with Gasteiger partial charge < -0.3 is 4.90 Å². The highest BCUT2D eigenvalue weighted by molar-refractivity contribution is 6.02. The second-order valence-corrected chi connectivity index (χ2v) is 5.69. The maximum Gasteiger partial charge on any atom is 0.164 e. The molecule has 4 unspecified atom stereocenters. The Kier molecular flexibility index (Phi) is 3.74. The van der Waals surface area contributed by atoms with E-state index < -0.39 is 0 Å². The van der Waals surface area contributed by atoms with Crippen LogP contribution in [0.4, 0.5) is 0 Å². The summed E-state index contributed by atoms with van der Waals surface area (Å²) in [6, 6.07) is 0. The highest BCUT2D eigenvalue weighted by atomic mass is 16.1. The van der Waals surface area contributed by atoms with Crippen LogP contribution in [0.25, 0.3) is 0 Å². The molecule has 0 amide bonds. The second kappa shape index (κ2) is 5.16. The van der Waals surface area contributed by atoms with Crippen molar-refractivity contribution < 1.29 is 9.59 Å². The maximum atomic E-state index is 12.6. The van der Waals surface area contributed by atoms with Crippen LogP contribution in [0.3, 0.4) is 0 Å². The van der Waals surface area contributed by atoms with Crippen molar-refractivity contribution in [3.05, 3.63) is 37.1 Å². The molecule has 0 heterocycles. The van der Waals surface area contributed by atoms with E-state index in [1.165, 1.54) is 0 Å². The van der Waals surface area contributed by atoms with Gasteiger partial charge in [0.15, 0.2) is 5.78 Å². The molecule has 19 heavy (non-hydrogen) atoms. The Bertz CT molecular complexity index is 461. The Morgan fingerprint density at radius 2 is 1.84 bits per heavy atom. The summed E-state index contributed by atoms with van der Waals surface area (Å²) in [5.41, 5.74) is 0.723. The van der Waals surface area contributed by atoms with Gasteiger partial charge in [-0.3, -0.25) is 9.59 Å². The fourth-order valence-electron chi connectivity index (χ4n) is 3.32. The minimum Gasteiger partial charge on any atom is -0.383 e. The van der Waals surface area contributed by atoms with Gasteiger partial charge in [0.25, 0.3) is 0 Å². The zero-order valence-corrected chi connectivity index (χ0v) is 11.6. The number of carbonyl (C=O) groups is 2. The number of hydrogen-bond acceptors (Lipinski definition) is 3. The number of carbonyl (C=O) groups excluding carboxylic acids is 2. The average molecular weight is 259 g/mol. The lowest BCUT2D eigenvalue weighted by atomic mass is 9.60. The molecular weight excluding hydrogens is 238 g/mol. The van der Waals surface area contributed by atoms with Crippen molar-refractivity contribution in [2.75, 3.05) is 14.1 Å². The molecule has 2 rings (SSSR count). The van der Waals surface area contributed by atoms with Gasteiger partial charge in [-0.1, -0.05) is 12.2 Å². The van der Waals surface area contributed by atoms with Gasteiger partial charge >= 0.3 is 0 Å². The molecular formula is C16H21NO2. The van der Waals surface area contributed by atoms with E-state index in [2.05, 4.69) is 13.2 Å². The maximum absolute atomic E-state index is 12.6. The van der Waals surface area contributed by atoms with E-state index in [1.54, 1.807) is 12.2 Å². The number of rotatable bonds is 3. The molecule has 0 aromatic heterocycles. The number of allylic oxidation sites excluding steroid dienone is 3. The molecule has 2 saturated carbocycles. The van der Waals surface area contributed by atoms with Crippen molar-refractivity contribution in [2.24, 2.45) is 23.7 Å². The van der Waals surface area contributed by atoms with Gasteiger partial charge in [-0.2, -0.15) is 0 Å². The topological polar surface area (TPSA) is 37.4 Å². The molecule has 0 radical (unpaired) electrons. The second-order valence-electron chi connectivity index (χ2n) is 5.69. The van der Waals surface area contributed by atoms with Crippen molar-refractivity contribution in [3.63, 3.8) is 0 Å². The SMILES string of the molecule is C=CC1CC(=O)C2CC1C(=O)/C(=C\N(C)C)C2C=C. The Labute approximate surface area is 114 Å². The third-order valence-electron chi connectivity index (χ3n) is 4.24. The van der Waals surface area contributed by atoms with Gasteiger partial charge in [0.05, 0.1) is 0 Å². The lowest BCUT2D eigenvalue weighted by molar-refractivity contribution is -0.135. The van der Waals surface area contributed by atoms with E-state index in [1.807, 2.05) is 25.2 Å². The minimum absolute atomic E-state index is 0.00687. The number of hydrogen-bond donors (Lipinski definition) is 0. The molecule has 0 aromatic carbocycles. The summed E-state index contributed by atoms with van der Waals surface area (Å²) in [4.78, 5) is 26.7. The zero-order valence-electron chi connectivity index (χ0n) is 11.6. The van der Waals surface area contributed by atoms with Gasteiger partial charge in [-0.05, 0) is 12.3 Å². The molecule has 2 aliphatic carbocycles. The molecule has 2 aliphatic rings. The summed E-state index contributed by atoms with van der Waals surface area (Å²) in [6.45, 7) is 7.58. The molecule has 0 aromatic rings. The first-order valence-corrected chi connectivity index (χ1v) is 6.69. The number of ketones is 2. The van der Waals surface area contributed by atoms with Gasteiger partial charge in [0.1, 0.15) is 5.78 Å². The van der Waals surface area contributed by atoms with Gasteiger partial charge in [-0.15, -0.1) is 13.2 Å². The van der Waals surface area contributed by atoms with Crippen LogP contribution in [0.5, 0.6) is 0 Å². The first-order valence-electron chi connectivity index (χ1n) is 6.69. The van der Waals surface area contributed by atoms with E-state index in [-0.39, 0.29) is 35.2 Å². The van der Waals surface area contributed by atoms with Gasteiger partial charge in [0.2, 0.25) is 0 Å². The average Bonchev–Trinajstić information content (AvgIpc) is 2.37. The van der Waals surface area contributed by atoms with Crippen molar-refractivity contribution >= 4 is 11.6 Å². The summed E-state index contributed by atoms with van der Waals surface area (Å²) < 4.78 is 0. The van der Waals surface area contributed by atoms with Crippen LogP contribution in [0.15, 0.2) is 37.1 Å². The minimum atomic E-state index is -0.135. The monoisotopic (exact) mass is 259 g/mol. The summed E-state index contributed by atoms with van der Waals surface area (Å²) in [5, 5.41) is 0. The van der Waals surface area contributed by atoms with E-state index in [4.69, 9.17) is 0 Å². The Hall–Kier alpha value is -1.64. The van der Waals surface area contributed by atoms with Crippen LogP contribution in [-0.2, 0) is 9.59 Å². The fourth-order valence-corrected chi connectivity index (χ4v) is 3.32. The Balaban J connectivity index is 2.45. The zero-order chi connectivity index (χ0) is 14.2. The van der Waals surface area contributed by atoms with Crippen LogP contribution in [-0.4, -0.2) is 30.6 Å². The number of nitrogens with zero attached hydrogens (tertiary/aromatic N) is 1. The standard InChI is InChI=1S/C16H21NO2/c1-5-10-7-15(18)13-8-12(10)16(19)14(9-17(3)4)11(13)6-2/h5-6,9-13H,1-2,7-8H2,3-4H3/b14-9-. The van der Waals surface area contributed by atoms with Crippen molar-refractivity contribution in [1.29, 1.82) is 0 Å². The molecule has 0 saturated heterocycles. The van der Waals surface area contributed by atoms with Crippen LogP contribution in [0, 0.1) is 23.7 Å². The van der Waals surface area contributed by atoms with Crippen LogP contribution < -0.4 is 0 Å². The molecule has 0 aliphatic heterocycles. The lowest BCUT2D eigenvalue weighted by Gasteiger charge is -2.42. The quantitative estimate of drug-likeness (QED) is 0.576. The predicted molar refractivity (Wildman–Crippen MR) is 75.4 cm³/mol. The van der Waals surface area contributed by atoms with Crippen molar-refractivity contribution in [3.8, 4) is 0 Å². The van der Waals surface area contributed by atoms with Gasteiger partial charge in [0, 0.05) is 50.0 Å². The molecule has 3 nitrogen and oxygen atoms in total. The first-order chi connectivity index (χ1) is 8.99. The van der Waals surface area contributed by atoms with E-state index in [9.17, 15) is 9.59 Å². The molecule has 3 heteroatoms. The van der Waals surface area contributed by atoms with Crippen molar-refractivity contribution in [1.82, 2.24) is 4.90 Å². The Morgan fingerprint density at radius 3 is 2.37 bits per heavy atom. The van der Waals surface area contributed by atoms with E-state index in [0.717, 1.165) is 5.57 Å². The molecule has 2 bridgehead atoms. The molecule has 0 spiro atoms. The molecule has 102 valence electrons. The molecule has 2 fully saturated rings.